The zero-order chi connectivity index (χ0) is 24.4. The Morgan fingerprint density at radius 1 is 1.34 bits per heavy atom. The topological polar surface area (TPSA) is 80.5 Å². The molecule has 0 aliphatic carbocycles. The summed E-state index contributed by atoms with van der Waals surface area (Å²) >= 11 is 1.43. The van der Waals surface area contributed by atoms with Crippen LogP contribution < -0.4 is 5.32 Å². The number of halogens is 1. The molecule has 0 spiro atoms. The van der Waals surface area contributed by atoms with Crippen molar-refractivity contribution in [2.45, 2.75) is 38.8 Å². The van der Waals surface area contributed by atoms with Crippen molar-refractivity contribution >= 4 is 39.2 Å². The molecular formula is C26H27FN4O3S. The van der Waals surface area contributed by atoms with Crippen LogP contribution in [0.25, 0.3) is 11.0 Å². The summed E-state index contributed by atoms with van der Waals surface area (Å²) in [7, 11) is 1.39. The maximum atomic E-state index is 14.8. The van der Waals surface area contributed by atoms with Gasteiger partial charge in [-0.25, -0.2) is 14.4 Å². The number of nitrogens with one attached hydrogen (secondary N) is 1. The van der Waals surface area contributed by atoms with Gasteiger partial charge in [-0.05, 0) is 56.1 Å². The van der Waals surface area contributed by atoms with Crippen LogP contribution in [0, 0.1) is 11.2 Å². The Hall–Kier alpha value is -3.30. The number of ether oxygens (including phenoxy) is 1. The number of esters is 1. The van der Waals surface area contributed by atoms with E-state index in [0.29, 0.717) is 30.3 Å². The number of carbonyl (C=O) groups excluding carboxylic acids is 1. The zero-order valence-electron chi connectivity index (χ0n) is 19.7. The highest BCUT2D eigenvalue weighted by molar-refractivity contribution is 7.13. The standard InChI is InChI=1S/C26H27FN4O3S/c1-17-14-26(24(32)33-2,9-11-31(17)16-18-4-3-5-22-19(18)8-12-34-22)15-21-20(27)6-7-23(29-21)30-25-28-10-13-35-25/h3-8,10,12-13,17H,9,11,14-16H2,1-2H3,(H,28,29,30). The number of piperidine rings is 1. The number of hydrogen-bond donors (Lipinski definition) is 1. The van der Waals surface area contributed by atoms with Crippen LogP contribution in [0.2, 0.25) is 0 Å². The molecule has 9 heteroatoms. The molecule has 1 saturated heterocycles. The third-order valence-electron chi connectivity index (χ3n) is 6.86. The van der Waals surface area contributed by atoms with Crippen LogP contribution in [-0.4, -0.2) is 40.5 Å². The lowest BCUT2D eigenvalue weighted by molar-refractivity contribution is -0.157. The molecule has 182 valence electrons. The van der Waals surface area contributed by atoms with Crippen molar-refractivity contribution in [3.8, 4) is 0 Å². The Kier molecular flexibility index (Phi) is 6.53. The molecule has 0 amide bonds. The van der Waals surface area contributed by atoms with Crippen molar-refractivity contribution in [1.82, 2.24) is 14.9 Å². The monoisotopic (exact) mass is 494 g/mol. The molecule has 7 nitrogen and oxygen atoms in total. The molecule has 1 aliphatic rings. The van der Waals surface area contributed by atoms with Gasteiger partial charge < -0.3 is 14.5 Å². The highest BCUT2D eigenvalue weighted by Crippen LogP contribution is 2.40. The number of likely N-dealkylation sites (tertiary alicyclic amines) is 1. The van der Waals surface area contributed by atoms with Gasteiger partial charge in [0.05, 0.1) is 24.5 Å². The third kappa shape index (κ3) is 4.78. The van der Waals surface area contributed by atoms with Gasteiger partial charge in [0.2, 0.25) is 0 Å². The Balaban J connectivity index is 1.36. The average molecular weight is 495 g/mol. The molecule has 1 aliphatic heterocycles. The van der Waals surface area contributed by atoms with Gasteiger partial charge in [-0.15, -0.1) is 11.3 Å². The van der Waals surface area contributed by atoms with Crippen molar-refractivity contribution in [1.29, 1.82) is 0 Å². The number of rotatable bonds is 7. The number of fused-ring (bicyclic) bond motifs is 1. The van der Waals surface area contributed by atoms with Crippen LogP contribution in [0.1, 0.15) is 31.0 Å². The van der Waals surface area contributed by atoms with E-state index in [-0.39, 0.29) is 24.1 Å². The smallest absolute Gasteiger partial charge is 0.312 e. The molecule has 4 aromatic rings. The second kappa shape index (κ2) is 9.75. The quantitative estimate of drug-likeness (QED) is 0.337. The van der Waals surface area contributed by atoms with Crippen molar-refractivity contribution < 1.29 is 18.3 Å². The van der Waals surface area contributed by atoms with Gasteiger partial charge in [0.25, 0.3) is 0 Å². The Bertz CT molecular complexity index is 1330. The number of aromatic nitrogens is 2. The van der Waals surface area contributed by atoms with E-state index in [1.54, 1.807) is 18.5 Å². The van der Waals surface area contributed by atoms with Gasteiger partial charge in [-0.2, -0.15) is 0 Å². The van der Waals surface area contributed by atoms with Gasteiger partial charge in [0, 0.05) is 36.0 Å². The first-order valence-electron chi connectivity index (χ1n) is 11.6. The molecule has 4 heterocycles. The largest absolute Gasteiger partial charge is 0.469 e. The van der Waals surface area contributed by atoms with E-state index in [9.17, 15) is 9.18 Å². The Labute approximate surface area is 206 Å². The maximum Gasteiger partial charge on any atom is 0.312 e. The highest BCUT2D eigenvalue weighted by atomic mass is 32.1. The van der Waals surface area contributed by atoms with E-state index in [1.807, 2.05) is 23.6 Å². The summed E-state index contributed by atoms with van der Waals surface area (Å²) in [4.78, 5) is 24.1. The number of methoxy groups -OCH3 is 1. The summed E-state index contributed by atoms with van der Waals surface area (Å²) in [6, 6.07) is 11.1. The molecular weight excluding hydrogens is 467 g/mol. The summed E-state index contributed by atoms with van der Waals surface area (Å²) < 4.78 is 25.6. The molecule has 2 unspecified atom stereocenters. The number of carbonyl (C=O) groups is 1. The molecule has 3 aromatic heterocycles. The van der Waals surface area contributed by atoms with E-state index >= 15 is 0 Å². The van der Waals surface area contributed by atoms with E-state index in [1.165, 1.54) is 30.1 Å². The van der Waals surface area contributed by atoms with Crippen molar-refractivity contribution in [2.24, 2.45) is 5.41 Å². The highest BCUT2D eigenvalue weighted by Gasteiger charge is 2.46. The summed E-state index contributed by atoms with van der Waals surface area (Å²) in [5.74, 6) is -0.254. The van der Waals surface area contributed by atoms with Gasteiger partial charge >= 0.3 is 5.97 Å². The Morgan fingerprint density at radius 3 is 3.00 bits per heavy atom. The first kappa shape index (κ1) is 23.4. The van der Waals surface area contributed by atoms with E-state index in [2.05, 4.69) is 33.2 Å². The van der Waals surface area contributed by atoms with Crippen LogP contribution in [-0.2, 0) is 22.5 Å². The fraction of sp³-hybridized carbons (Fsp3) is 0.346. The molecule has 0 bridgehead atoms. The maximum absolute atomic E-state index is 14.8. The van der Waals surface area contributed by atoms with Gasteiger partial charge in [-0.3, -0.25) is 9.69 Å². The van der Waals surface area contributed by atoms with Gasteiger partial charge in [-0.1, -0.05) is 12.1 Å². The summed E-state index contributed by atoms with van der Waals surface area (Å²) in [5.41, 5.74) is 1.45. The second-order valence-electron chi connectivity index (χ2n) is 9.06. The number of nitrogens with zero attached hydrogens (tertiary/aromatic N) is 3. The lowest BCUT2D eigenvalue weighted by atomic mass is 9.72. The molecule has 2 atom stereocenters. The van der Waals surface area contributed by atoms with Crippen LogP contribution in [0.5, 0.6) is 0 Å². The minimum absolute atomic E-state index is 0.0877. The van der Waals surface area contributed by atoms with E-state index < -0.39 is 11.2 Å². The van der Waals surface area contributed by atoms with E-state index in [4.69, 9.17) is 9.15 Å². The summed E-state index contributed by atoms with van der Waals surface area (Å²) in [5, 5.41) is 6.72. The number of thiazole rings is 1. The third-order valence-corrected chi connectivity index (χ3v) is 7.55. The van der Waals surface area contributed by atoms with Gasteiger partial charge in [0.15, 0.2) is 5.13 Å². The second-order valence-corrected chi connectivity index (χ2v) is 9.95. The first-order valence-corrected chi connectivity index (χ1v) is 12.4. The number of anilines is 2. The lowest BCUT2D eigenvalue weighted by Gasteiger charge is -2.44. The van der Waals surface area contributed by atoms with Crippen molar-refractivity contribution in [3.05, 3.63) is 71.3 Å². The van der Waals surface area contributed by atoms with Crippen molar-refractivity contribution in [2.75, 3.05) is 19.0 Å². The predicted molar refractivity (Wildman–Crippen MR) is 133 cm³/mol. The fourth-order valence-electron chi connectivity index (χ4n) is 5.05. The zero-order valence-corrected chi connectivity index (χ0v) is 20.5. The minimum Gasteiger partial charge on any atom is -0.469 e. The molecule has 1 fully saturated rings. The Morgan fingerprint density at radius 2 is 2.23 bits per heavy atom. The molecule has 0 saturated carbocycles. The summed E-state index contributed by atoms with van der Waals surface area (Å²) in [6.45, 7) is 3.54. The SMILES string of the molecule is COC(=O)C1(Cc2nc(Nc3nccs3)ccc2F)CCN(Cc2cccc3occc23)C(C)C1. The lowest BCUT2D eigenvalue weighted by Crippen LogP contribution is -2.50. The molecule has 5 rings (SSSR count). The van der Waals surface area contributed by atoms with Crippen LogP contribution in [0.15, 0.2) is 58.7 Å². The normalized spacial score (nSPS) is 20.7. The first-order chi connectivity index (χ1) is 17.0. The fourth-order valence-corrected chi connectivity index (χ4v) is 5.59. The van der Waals surface area contributed by atoms with Crippen molar-refractivity contribution in [3.63, 3.8) is 0 Å². The average Bonchev–Trinajstić information content (AvgIpc) is 3.55. The number of pyridine rings is 1. The van der Waals surface area contributed by atoms with Gasteiger partial charge in [0.1, 0.15) is 17.2 Å². The number of benzene rings is 1. The molecule has 1 aromatic carbocycles. The summed E-state index contributed by atoms with van der Waals surface area (Å²) in [6.07, 6.45) is 4.66. The van der Waals surface area contributed by atoms with Crippen LogP contribution in [0.3, 0.4) is 0 Å². The molecule has 35 heavy (non-hydrogen) atoms. The predicted octanol–water partition coefficient (Wildman–Crippen LogP) is 5.55. The number of furan rings is 1. The molecule has 1 N–H and O–H groups in total. The van der Waals surface area contributed by atoms with E-state index in [0.717, 1.165) is 17.5 Å². The van der Waals surface area contributed by atoms with Crippen LogP contribution in [0.4, 0.5) is 15.3 Å². The molecule has 0 radical (unpaired) electrons. The minimum atomic E-state index is -0.847. The number of hydrogen-bond acceptors (Lipinski definition) is 8. The van der Waals surface area contributed by atoms with Crippen LogP contribution >= 0.6 is 11.3 Å².